The van der Waals surface area contributed by atoms with Gasteiger partial charge in [-0.15, -0.1) is 6.42 Å². The third kappa shape index (κ3) is 3.74. The normalized spacial score (nSPS) is 14.0. The second-order valence-electron chi connectivity index (χ2n) is 4.10. The van der Waals surface area contributed by atoms with Gasteiger partial charge in [0.15, 0.2) is 5.11 Å². The maximum Gasteiger partial charge on any atom is 0.263 e. The van der Waals surface area contributed by atoms with Crippen molar-refractivity contribution in [2.75, 3.05) is 6.61 Å². The molecule has 1 aliphatic heterocycles. The van der Waals surface area contributed by atoms with Crippen LogP contribution in [0.4, 0.5) is 0 Å². The molecule has 2 amide bonds. The van der Waals surface area contributed by atoms with Crippen LogP contribution in [0.1, 0.15) is 5.56 Å². The lowest BCUT2D eigenvalue weighted by Gasteiger charge is -2.16. The summed E-state index contributed by atoms with van der Waals surface area (Å²) in [5.41, 5.74) is 0.588. The minimum atomic E-state index is -0.548. The van der Waals surface area contributed by atoms with Crippen molar-refractivity contribution in [2.24, 2.45) is 0 Å². The number of carbonyl (C=O) groups excluding carboxylic acids is 2. The number of ether oxygens (including phenoxy) is 1. The van der Waals surface area contributed by atoms with Crippen molar-refractivity contribution in [2.45, 2.75) is 0 Å². The van der Waals surface area contributed by atoms with E-state index in [0.717, 1.165) is 0 Å². The summed E-state index contributed by atoms with van der Waals surface area (Å²) >= 11 is 11.5. The Balaban J connectivity index is 2.36. The lowest BCUT2D eigenvalue weighted by atomic mass is 10.1. The molecule has 0 unspecified atom stereocenters. The van der Waals surface area contributed by atoms with Crippen LogP contribution >= 0.6 is 44.1 Å². The predicted octanol–water partition coefficient (Wildman–Crippen LogP) is 2.14. The summed E-state index contributed by atoms with van der Waals surface area (Å²) in [5, 5.41) is 4.73. The highest BCUT2D eigenvalue weighted by Crippen LogP contribution is 2.35. The van der Waals surface area contributed by atoms with E-state index in [4.69, 9.17) is 23.4 Å². The number of halogens is 2. The predicted molar refractivity (Wildman–Crippen MR) is 93.0 cm³/mol. The maximum absolute atomic E-state index is 11.8. The Morgan fingerprint density at radius 3 is 2.27 bits per heavy atom. The quantitative estimate of drug-likeness (QED) is 0.325. The zero-order valence-corrected chi connectivity index (χ0v) is 14.9. The van der Waals surface area contributed by atoms with E-state index in [2.05, 4.69) is 48.4 Å². The van der Waals surface area contributed by atoms with Crippen molar-refractivity contribution in [1.29, 1.82) is 0 Å². The molecule has 2 rings (SSSR count). The van der Waals surface area contributed by atoms with Crippen molar-refractivity contribution >= 4 is 67.1 Å². The molecule has 0 radical (unpaired) electrons. The smallest absolute Gasteiger partial charge is 0.263 e. The minimum absolute atomic E-state index is 0.00690. The Morgan fingerprint density at radius 2 is 1.77 bits per heavy atom. The Bertz CT molecular complexity index is 708. The molecule has 0 atom stereocenters. The van der Waals surface area contributed by atoms with Crippen LogP contribution in [0.2, 0.25) is 0 Å². The highest BCUT2D eigenvalue weighted by molar-refractivity contribution is 9.11. The van der Waals surface area contributed by atoms with Crippen molar-refractivity contribution in [3.05, 3.63) is 32.2 Å². The van der Waals surface area contributed by atoms with Crippen molar-refractivity contribution < 1.29 is 14.3 Å². The zero-order valence-electron chi connectivity index (χ0n) is 10.9. The van der Waals surface area contributed by atoms with Crippen molar-refractivity contribution in [3.8, 4) is 18.1 Å². The van der Waals surface area contributed by atoms with E-state index in [0.29, 0.717) is 20.3 Å². The van der Waals surface area contributed by atoms with E-state index in [9.17, 15) is 9.59 Å². The number of carbonyl (C=O) groups is 2. The van der Waals surface area contributed by atoms with Crippen LogP contribution in [0, 0.1) is 12.3 Å². The first kappa shape index (κ1) is 16.7. The summed E-state index contributed by atoms with van der Waals surface area (Å²) in [7, 11) is 0. The van der Waals surface area contributed by atoms with Crippen LogP contribution in [0.15, 0.2) is 26.7 Å². The van der Waals surface area contributed by atoms with Gasteiger partial charge in [-0.3, -0.25) is 20.2 Å². The van der Waals surface area contributed by atoms with E-state index >= 15 is 0 Å². The van der Waals surface area contributed by atoms with E-state index in [-0.39, 0.29) is 17.3 Å². The topological polar surface area (TPSA) is 67.4 Å². The second-order valence-corrected chi connectivity index (χ2v) is 6.22. The van der Waals surface area contributed by atoms with E-state index in [1.807, 2.05) is 0 Å². The number of terminal acetylenes is 1. The van der Waals surface area contributed by atoms with Crippen LogP contribution in [0.25, 0.3) is 6.08 Å². The van der Waals surface area contributed by atoms with Gasteiger partial charge in [-0.05, 0) is 67.8 Å². The number of rotatable bonds is 3. The van der Waals surface area contributed by atoms with Gasteiger partial charge >= 0.3 is 0 Å². The molecule has 22 heavy (non-hydrogen) atoms. The van der Waals surface area contributed by atoms with Crippen molar-refractivity contribution in [1.82, 2.24) is 10.6 Å². The molecule has 1 aliphatic rings. The highest BCUT2D eigenvalue weighted by Gasteiger charge is 2.25. The van der Waals surface area contributed by atoms with Crippen LogP contribution < -0.4 is 15.4 Å². The zero-order chi connectivity index (χ0) is 16.3. The highest BCUT2D eigenvalue weighted by atomic mass is 79.9. The lowest BCUT2D eigenvalue weighted by Crippen LogP contribution is -2.51. The molecule has 1 aromatic carbocycles. The molecule has 0 aliphatic carbocycles. The van der Waals surface area contributed by atoms with E-state index < -0.39 is 11.8 Å². The Kier molecular flexibility index (Phi) is 5.34. The summed E-state index contributed by atoms with van der Waals surface area (Å²) in [5.74, 6) is 1.82. The van der Waals surface area contributed by atoms with Crippen LogP contribution in [0.3, 0.4) is 0 Å². The van der Waals surface area contributed by atoms with Gasteiger partial charge in [0, 0.05) is 0 Å². The monoisotopic (exact) mass is 442 g/mol. The summed E-state index contributed by atoms with van der Waals surface area (Å²) in [4.78, 5) is 23.6. The van der Waals surface area contributed by atoms with Gasteiger partial charge < -0.3 is 4.74 Å². The van der Waals surface area contributed by atoms with E-state index in [1.165, 1.54) is 6.08 Å². The van der Waals surface area contributed by atoms with Gasteiger partial charge in [-0.1, -0.05) is 5.92 Å². The third-order valence-corrected chi connectivity index (χ3v) is 3.96. The molecule has 112 valence electrons. The Labute approximate surface area is 148 Å². The van der Waals surface area contributed by atoms with Crippen LogP contribution in [0.5, 0.6) is 5.75 Å². The molecule has 2 N–H and O–H groups in total. The molecule has 0 saturated carbocycles. The number of hydrogen-bond acceptors (Lipinski definition) is 4. The minimum Gasteiger partial charge on any atom is -0.479 e. The van der Waals surface area contributed by atoms with Gasteiger partial charge in [-0.25, -0.2) is 0 Å². The van der Waals surface area contributed by atoms with Gasteiger partial charge in [0.2, 0.25) is 0 Å². The first-order chi connectivity index (χ1) is 10.4. The molecular weight excluding hydrogens is 436 g/mol. The lowest BCUT2D eigenvalue weighted by molar-refractivity contribution is -0.123. The van der Waals surface area contributed by atoms with Crippen molar-refractivity contribution in [3.63, 3.8) is 0 Å². The average molecular weight is 444 g/mol. The molecule has 0 aromatic heterocycles. The van der Waals surface area contributed by atoms with E-state index in [1.54, 1.807) is 12.1 Å². The molecule has 1 aromatic rings. The molecule has 0 spiro atoms. The number of benzene rings is 1. The fourth-order valence-corrected chi connectivity index (χ4v) is 3.32. The average Bonchev–Trinajstić information content (AvgIpc) is 2.42. The number of thiocarbonyl (C=S) groups is 1. The summed E-state index contributed by atoms with van der Waals surface area (Å²) in [6, 6.07) is 3.41. The summed E-state index contributed by atoms with van der Waals surface area (Å²) < 4.78 is 6.66. The number of amides is 2. The standard InChI is InChI=1S/C14H8Br2N2O3S/c1-2-3-21-11-9(15)5-7(6-10(11)16)4-8-12(19)17-14(22)18-13(8)20/h1,4-6H,3H2,(H2,17,18,19,20,22). The van der Waals surface area contributed by atoms with Gasteiger partial charge in [0.05, 0.1) is 8.95 Å². The number of nitrogens with one attached hydrogen (secondary N) is 2. The van der Waals surface area contributed by atoms with Crippen LogP contribution in [-0.4, -0.2) is 23.5 Å². The molecule has 1 heterocycles. The van der Waals surface area contributed by atoms with Gasteiger partial charge in [0.25, 0.3) is 11.8 Å². The molecule has 0 bridgehead atoms. The first-order valence-corrected chi connectivity index (χ1v) is 7.85. The van der Waals surface area contributed by atoms with Gasteiger partial charge in [-0.2, -0.15) is 0 Å². The maximum atomic E-state index is 11.8. The second kappa shape index (κ2) is 7.05. The fraction of sp³-hybridized carbons (Fsp3) is 0.0714. The summed E-state index contributed by atoms with van der Waals surface area (Å²) in [6.45, 7) is 0.125. The fourth-order valence-electron chi connectivity index (χ4n) is 1.69. The molecule has 8 heteroatoms. The Morgan fingerprint density at radius 1 is 1.23 bits per heavy atom. The van der Waals surface area contributed by atoms with Gasteiger partial charge in [0.1, 0.15) is 17.9 Å². The SMILES string of the molecule is C#CCOc1c(Br)cc(C=C2C(=O)NC(=S)NC2=O)cc1Br. The largest absolute Gasteiger partial charge is 0.479 e. The molecule has 1 saturated heterocycles. The summed E-state index contributed by atoms with van der Waals surface area (Å²) in [6.07, 6.45) is 6.61. The first-order valence-electron chi connectivity index (χ1n) is 5.86. The Hall–Kier alpha value is -1.69. The van der Waals surface area contributed by atoms with Crippen LogP contribution in [-0.2, 0) is 9.59 Å². The molecular formula is C14H8Br2N2O3S. The molecule has 1 fully saturated rings. The third-order valence-electron chi connectivity index (χ3n) is 2.57. The molecule has 5 nitrogen and oxygen atoms in total. The number of hydrogen-bond donors (Lipinski definition) is 2.